The minimum absolute atomic E-state index is 0.130. The van der Waals surface area contributed by atoms with Gasteiger partial charge in [0, 0.05) is 11.8 Å². The molecule has 39 heavy (non-hydrogen) atoms. The molecule has 0 saturated carbocycles. The second-order valence-corrected chi connectivity index (χ2v) is 11.6. The van der Waals surface area contributed by atoms with Crippen LogP contribution >= 0.6 is 7.92 Å². The van der Waals surface area contributed by atoms with Crippen LogP contribution in [-0.4, -0.2) is 13.7 Å². The summed E-state index contributed by atoms with van der Waals surface area (Å²) in [6, 6.07) is 49.6. The lowest BCUT2D eigenvalue weighted by Gasteiger charge is -2.35. The Morgan fingerprint density at radius 2 is 1.21 bits per heavy atom. The van der Waals surface area contributed by atoms with Crippen LogP contribution in [0.25, 0.3) is 6.08 Å². The van der Waals surface area contributed by atoms with Crippen molar-refractivity contribution < 1.29 is 4.74 Å². The van der Waals surface area contributed by atoms with E-state index in [4.69, 9.17) is 4.74 Å². The molecule has 0 amide bonds. The lowest BCUT2D eigenvalue weighted by Crippen LogP contribution is -2.33. The van der Waals surface area contributed by atoms with Crippen LogP contribution in [0.15, 0.2) is 146 Å². The summed E-state index contributed by atoms with van der Waals surface area (Å²) in [6.07, 6.45) is 4.47. The van der Waals surface area contributed by atoms with Gasteiger partial charge in [-0.3, -0.25) is 0 Å². The second kappa shape index (κ2) is 13.1. The van der Waals surface area contributed by atoms with E-state index in [-0.39, 0.29) is 6.04 Å². The average Bonchev–Trinajstić information content (AvgIpc) is 3.01. The van der Waals surface area contributed by atoms with Crippen LogP contribution in [0.2, 0.25) is 0 Å². The fourth-order valence-electron chi connectivity index (χ4n) is 4.95. The highest BCUT2D eigenvalue weighted by Crippen LogP contribution is 2.42. The number of hydrogen-bond acceptors (Lipinski definition) is 2. The average molecular weight is 528 g/mol. The van der Waals surface area contributed by atoms with E-state index in [1.54, 1.807) is 7.11 Å². The van der Waals surface area contributed by atoms with Gasteiger partial charge in [0.05, 0.1) is 18.8 Å². The summed E-state index contributed by atoms with van der Waals surface area (Å²) in [6.45, 7) is 3.03. The van der Waals surface area contributed by atoms with Gasteiger partial charge in [0.15, 0.2) is 0 Å². The van der Waals surface area contributed by atoms with Crippen LogP contribution in [-0.2, 0) is 0 Å². The minimum atomic E-state index is -0.819. The van der Waals surface area contributed by atoms with Crippen LogP contribution in [0, 0.1) is 0 Å². The lowest BCUT2D eigenvalue weighted by molar-refractivity contribution is 0.414. The first-order valence-corrected chi connectivity index (χ1v) is 14.7. The molecule has 0 bridgehead atoms. The highest BCUT2D eigenvalue weighted by molar-refractivity contribution is 7.80. The Bertz CT molecular complexity index is 1430. The zero-order valence-corrected chi connectivity index (χ0v) is 23.4. The first-order chi connectivity index (χ1) is 19.3. The van der Waals surface area contributed by atoms with Gasteiger partial charge in [-0.15, -0.1) is 0 Å². The molecule has 5 aromatic rings. The molecule has 5 rings (SSSR count). The van der Waals surface area contributed by atoms with E-state index >= 15 is 0 Å². The van der Waals surface area contributed by atoms with Crippen molar-refractivity contribution in [2.75, 3.05) is 18.6 Å². The molecule has 0 heterocycles. The summed E-state index contributed by atoms with van der Waals surface area (Å²) in [5.41, 5.74) is 3.61. The van der Waals surface area contributed by atoms with E-state index in [2.05, 4.69) is 164 Å². The number of anilines is 1. The van der Waals surface area contributed by atoms with Crippen molar-refractivity contribution in [2.45, 2.75) is 13.0 Å². The molecule has 1 atom stereocenters. The van der Waals surface area contributed by atoms with Crippen LogP contribution in [0.5, 0.6) is 5.75 Å². The topological polar surface area (TPSA) is 12.5 Å². The summed E-state index contributed by atoms with van der Waals surface area (Å²) in [7, 11) is 0.959. The summed E-state index contributed by atoms with van der Waals surface area (Å²) in [5.74, 6) is 0.891. The molecule has 0 fully saturated rings. The van der Waals surface area contributed by atoms with E-state index in [1.165, 1.54) is 27.0 Å². The molecule has 2 nitrogen and oxygen atoms in total. The molecule has 1 unspecified atom stereocenters. The molecule has 3 heteroatoms. The molecule has 0 N–H and O–H groups in total. The fourth-order valence-corrected chi connectivity index (χ4v) is 7.43. The van der Waals surface area contributed by atoms with Gasteiger partial charge >= 0.3 is 0 Å². The van der Waals surface area contributed by atoms with E-state index in [0.717, 1.165) is 18.0 Å². The van der Waals surface area contributed by atoms with Crippen molar-refractivity contribution in [1.29, 1.82) is 0 Å². The van der Waals surface area contributed by atoms with Crippen LogP contribution < -0.4 is 25.6 Å². The summed E-state index contributed by atoms with van der Waals surface area (Å²) >= 11 is 0. The van der Waals surface area contributed by atoms with Crippen LogP contribution in [0.4, 0.5) is 5.69 Å². The molecular weight excluding hydrogens is 493 g/mol. The van der Waals surface area contributed by atoms with Crippen LogP contribution in [0.3, 0.4) is 0 Å². The first-order valence-electron chi connectivity index (χ1n) is 13.4. The number of nitrogens with zero attached hydrogens (tertiary/aromatic N) is 1. The van der Waals surface area contributed by atoms with Crippen molar-refractivity contribution in [3.8, 4) is 5.75 Å². The van der Waals surface area contributed by atoms with E-state index in [0.29, 0.717) is 0 Å². The first kappa shape index (κ1) is 26.5. The Kier molecular flexibility index (Phi) is 8.89. The Labute approximate surface area is 234 Å². The predicted molar refractivity (Wildman–Crippen MR) is 169 cm³/mol. The second-order valence-electron chi connectivity index (χ2n) is 9.39. The molecule has 0 saturated heterocycles. The third-order valence-electron chi connectivity index (χ3n) is 6.92. The van der Waals surface area contributed by atoms with Gasteiger partial charge in [-0.25, -0.2) is 0 Å². The quantitative estimate of drug-likeness (QED) is 0.172. The fraction of sp³-hybridized carbons (Fsp3) is 0.111. The number of para-hydroxylation sites is 1. The number of hydrogen-bond donors (Lipinski definition) is 0. The lowest BCUT2D eigenvalue weighted by atomic mass is 10.1. The van der Waals surface area contributed by atoms with Gasteiger partial charge < -0.3 is 9.64 Å². The van der Waals surface area contributed by atoms with Crippen molar-refractivity contribution in [2.24, 2.45) is 0 Å². The standard InChI is InChI=1S/C36H34NOP/c1-29(31-20-9-4-10-21-31)37(28-16-19-30-17-7-3-8-18-30)36-34(38-2)26-15-27-35(36)39(32-22-11-5-12-23-32)33-24-13-6-14-25-33/h3-27,29H,28H2,1-2H3/b19-16+. The van der Waals surface area contributed by atoms with Gasteiger partial charge in [-0.2, -0.15) is 0 Å². The molecule has 0 aliphatic carbocycles. The number of benzene rings is 5. The molecule has 0 spiro atoms. The summed E-state index contributed by atoms with van der Waals surface area (Å²) < 4.78 is 6.08. The monoisotopic (exact) mass is 527 g/mol. The molecular formula is C36H34NOP. The number of ether oxygens (including phenoxy) is 1. The molecule has 0 aromatic heterocycles. The Balaban J connectivity index is 1.67. The van der Waals surface area contributed by atoms with E-state index in [1.807, 2.05) is 0 Å². The Hall–Kier alpha value is -4.13. The van der Waals surface area contributed by atoms with Crippen molar-refractivity contribution in [3.63, 3.8) is 0 Å². The van der Waals surface area contributed by atoms with Crippen LogP contribution in [0.1, 0.15) is 24.1 Å². The maximum absolute atomic E-state index is 6.08. The molecule has 0 aliphatic heterocycles. The van der Waals surface area contributed by atoms with Gasteiger partial charge in [0.25, 0.3) is 0 Å². The third-order valence-corrected chi connectivity index (χ3v) is 9.39. The molecule has 0 radical (unpaired) electrons. The van der Waals surface area contributed by atoms with Gasteiger partial charge in [-0.1, -0.05) is 146 Å². The SMILES string of the molecule is COc1cccc(P(c2ccccc2)c2ccccc2)c1N(C/C=C/c1ccccc1)C(C)c1ccccc1. The largest absolute Gasteiger partial charge is 0.495 e. The molecule has 0 aliphatic rings. The molecule has 194 valence electrons. The van der Waals surface area contributed by atoms with Crippen molar-refractivity contribution >= 4 is 35.6 Å². The summed E-state index contributed by atoms with van der Waals surface area (Å²) in [4.78, 5) is 2.49. The van der Waals surface area contributed by atoms with E-state index in [9.17, 15) is 0 Å². The molecule has 5 aromatic carbocycles. The summed E-state index contributed by atoms with van der Waals surface area (Å²) in [5, 5.41) is 3.93. The third kappa shape index (κ3) is 6.30. The predicted octanol–water partition coefficient (Wildman–Crippen LogP) is 7.73. The van der Waals surface area contributed by atoms with Gasteiger partial charge in [0.2, 0.25) is 0 Å². The zero-order valence-electron chi connectivity index (χ0n) is 22.5. The normalized spacial score (nSPS) is 12.0. The smallest absolute Gasteiger partial charge is 0.142 e. The maximum Gasteiger partial charge on any atom is 0.142 e. The minimum Gasteiger partial charge on any atom is -0.495 e. The highest BCUT2D eigenvalue weighted by Gasteiger charge is 2.27. The van der Waals surface area contributed by atoms with E-state index < -0.39 is 7.92 Å². The van der Waals surface area contributed by atoms with Gasteiger partial charge in [0.1, 0.15) is 5.75 Å². The van der Waals surface area contributed by atoms with Gasteiger partial charge in [-0.05, 0) is 42.6 Å². The zero-order chi connectivity index (χ0) is 26.9. The number of rotatable bonds is 10. The number of methoxy groups -OCH3 is 1. The Morgan fingerprint density at radius 3 is 1.77 bits per heavy atom. The Morgan fingerprint density at radius 1 is 0.667 bits per heavy atom. The highest BCUT2D eigenvalue weighted by atomic mass is 31.1. The maximum atomic E-state index is 6.08. The van der Waals surface area contributed by atoms with Crippen molar-refractivity contribution in [1.82, 2.24) is 0 Å². The van der Waals surface area contributed by atoms with Crippen molar-refractivity contribution in [3.05, 3.63) is 157 Å².